The Bertz CT molecular complexity index is 534. The lowest BCUT2D eigenvalue weighted by Crippen LogP contribution is -2.44. The second-order valence-electron chi connectivity index (χ2n) is 3.80. The van der Waals surface area contributed by atoms with Gasteiger partial charge in [0, 0.05) is 25.0 Å². The fourth-order valence-corrected chi connectivity index (χ4v) is 2.54. The summed E-state index contributed by atoms with van der Waals surface area (Å²) >= 11 is 14.4. The first-order valence-electron chi connectivity index (χ1n) is 5.59. The number of nitrogens with zero attached hydrogens (tertiary/aromatic N) is 2. The molecule has 0 unspecified atom stereocenters. The molecule has 5 nitrogen and oxygen atoms in total. The minimum Gasteiger partial charge on any atom is -0.360 e. The van der Waals surface area contributed by atoms with Crippen molar-refractivity contribution in [1.29, 1.82) is 0 Å². The van der Waals surface area contributed by atoms with Crippen LogP contribution in [-0.4, -0.2) is 39.1 Å². The highest BCUT2D eigenvalue weighted by Gasteiger charge is 2.22. The molecular formula is C11H12N4OS3. The maximum absolute atomic E-state index is 12.1. The summed E-state index contributed by atoms with van der Waals surface area (Å²) in [6, 6.07) is 3.39. The lowest BCUT2D eigenvalue weighted by molar-refractivity contribution is 0.0974. The molecule has 0 aliphatic carbocycles. The summed E-state index contributed by atoms with van der Waals surface area (Å²) in [6.07, 6.45) is 1.63. The molecular weight excluding hydrogens is 300 g/mol. The molecule has 0 atom stereocenters. The van der Waals surface area contributed by atoms with Crippen LogP contribution in [0, 0.1) is 0 Å². The van der Waals surface area contributed by atoms with Gasteiger partial charge in [-0.1, -0.05) is 0 Å². The molecule has 0 aromatic carbocycles. The summed E-state index contributed by atoms with van der Waals surface area (Å²) < 4.78 is 0. The number of aromatic nitrogens is 1. The molecule has 0 radical (unpaired) electrons. The van der Waals surface area contributed by atoms with Crippen LogP contribution in [0.5, 0.6) is 0 Å². The molecule has 1 aliphatic heterocycles. The molecule has 2 rings (SSSR count). The third-order valence-electron chi connectivity index (χ3n) is 2.61. The number of carbonyl (C=O) groups is 1. The van der Waals surface area contributed by atoms with Gasteiger partial charge in [0.15, 0.2) is 10.2 Å². The molecule has 1 saturated heterocycles. The summed E-state index contributed by atoms with van der Waals surface area (Å²) in [5.41, 5.74) is 1.09. The van der Waals surface area contributed by atoms with Crippen molar-refractivity contribution in [3.63, 3.8) is 0 Å². The van der Waals surface area contributed by atoms with Crippen molar-refractivity contribution in [2.45, 2.75) is 5.75 Å². The van der Waals surface area contributed by atoms with Gasteiger partial charge in [-0.3, -0.25) is 20.0 Å². The summed E-state index contributed by atoms with van der Waals surface area (Å²) in [6.45, 7) is 1.38. The van der Waals surface area contributed by atoms with Crippen LogP contribution in [0.4, 0.5) is 0 Å². The van der Waals surface area contributed by atoms with Gasteiger partial charge in [-0.2, -0.15) is 12.6 Å². The Kier molecular flexibility index (Phi) is 4.67. The predicted molar refractivity (Wildman–Crippen MR) is 84.3 cm³/mol. The first-order valence-corrected chi connectivity index (χ1v) is 7.04. The van der Waals surface area contributed by atoms with E-state index in [2.05, 4.69) is 28.2 Å². The number of thiol groups is 1. The third-order valence-corrected chi connectivity index (χ3v) is 3.59. The van der Waals surface area contributed by atoms with Crippen LogP contribution in [0.25, 0.3) is 0 Å². The maximum Gasteiger partial charge on any atom is 0.259 e. The van der Waals surface area contributed by atoms with Crippen LogP contribution in [0.2, 0.25) is 0 Å². The van der Waals surface area contributed by atoms with Gasteiger partial charge < -0.3 is 5.32 Å². The first kappa shape index (κ1) is 14.2. The number of hydrogen-bond donors (Lipinski definition) is 3. The predicted octanol–water partition coefficient (Wildman–Crippen LogP) is 0.716. The van der Waals surface area contributed by atoms with Gasteiger partial charge in [-0.05, 0) is 36.6 Å². The molecule has 19 heavy (non-hydrogen) atoms. The summed E-state index contributed by atoms with van der Waals surface area (Å²) in [5.74, 6) is 0.0943. The van der Waals surface area contributed by atoms with E-state index in [4.69, 9.17) is 24.4 Å². The van der Waals surface area contributed by atoms with E-state index in [9.17, 15) is 4.79 Å². The highest BCUT2D eigenvalue weighted by molar-refractivity contribution is 7.81. The Hall–Kier alpha value is -1.25. The number of pyridine rings is 1. The molecule has 0 spiro atoms. The van der Waals surface area contributed by atoms with Crippen LogP contribution in [0.1, 0.15) is 16.1 Å². The Morgan fingerprint density at radius 1 is 1.63 bits per heavy atom. The summed E-state index contributed by atoms with van der Waals surface area (Å²) in [7, 11) is 0. The number of amides is 1. The van der Waals surface area contributed by atoms with Gasteiger partial charge in [-0.15, -0.1) is 0 Å². The van der Waals surface area contributed by atoms with Crippen molar-refractivity contribution < 1.29 is 4.79 Å². The van der Waals surface area contributed by atoms with E-state index in [1.807, 2.05) is 0 Å². The highest BCUT2D eigenvalue weighted by Crippen LogP contribution is 2.08. The van der Waals surface area contributed by atoms with Gasteiger partial charge in [0.2, 0.25) is 0 Å². The molecule has 2 N–H and O–H groups in total. The van der Waals surface area contributed by atoms with E-state index in [1.165, 1.54) is 0 Å². The quantitative estimate of drug-likeness (QED) is 0.553. The van der Waals surface area contributed by atoms with E-state index in [-0.39, 0.29) is 5.91 Å². The number of nitrogens with one attached hydrogen (secondary N) is 2. The topological polar surface area (TPSA) is 57.3 Å². The second-order valence-corrected chi connectivity index (χ2v) is 4.89. The Balaban J connectivity index is 2.08. The largest absolute Gasteiger partial charge is 0.360 e. The zero-order valence-corrected chi connectivity index (χ0v) is 12.4. The van der Waals surface area contributed by atoms with Crippen molar-refractivity contribution in [2.75, 3.05) is 13.1 Å². The SMILES string of the molecule is O=C(NC(=S)N1CCNC1=S)c1cccnc1CS. The minimum absolute atomic E-state index is 0.295. The average Bonchev–Trinajstić information content (AvgIpc) is 2.85. The first-order chi connectivity index (χ1) is 9.13. The van der Waals surface area contributed by atoms with E-state index in [1.54, 1.807) is 23.2 Å². The summed E-state index contributed by atoms with van der Waals surface area (Å²) in [4.78, 5) is 17.9. The second kappa shape index (κ2) is 6.27. The Morgan fingerprint density at radius 2 is 2.42 bits per heavy atom. The monoisotopic (exact) mass is 312 g/mol. The summed E-state index contributed by atoms with van der Waals surface area (Å²) in [5, 5.41) is 6.47. The zero-order chi connectivity index (χ0) is 13.8. The smallest absolute Gasteiger partial charge is 0.259 e. The lowest BCUT2D eigenvalue weighted by Gasteiger charge is -2.18. The van der Waals surface area contributed by atoms with Crippen molar-refractivity contribution in [3.8, 4) is 0 Å². The van der Waals surface area contributed by atoms with Gasteiger partial charge in [0.25, 0.3) is 5.91 Å². The standard InChI is InChI=1S/C11H12N4OS3/c16-9(7-2-1-3-12-8(7)6-17)14-11(19)15-5-4-13-10(15)18/h1-3,17H,4-6H2,(H,13,18)(H,14,16,19). The van der Waals surface area contributed by atoms with E-state index in [0.29, 0.717) is 33.8 Å². The molecule has 1 aromatic heterocycles. The molecule has 1 amide bonds. The van der Waals surface area contributed by atoms with Crippen LogP contribution in [0.3, 0.4) is 0 Å². The van der Waals surface area contributed by atoms with Crippen molar-refractivity contribution in [1.82, 2.24) is 20.5 Å². The van der Waals surface area contributed by atoms with Crippen LogP contribution < -0.4 is 10.6 Å². The van der Waals surface area contributed by atoms with Gasteiger partial charge in [0.05, 0.1) is 11.3 Å². The van der Waals surface area contributed by atoms with Crippen LogP contribution in [-0.2, 0) is 5.75 Å². The molecule has 8 heteroatoms. The van der Waals surface area contributed by atoms with E-state index in [0.717, 1.165) is 6.54 Å². The molecule has 1 aromatic rings. The minimum atomic E-state index is -0.295. The van der Waals surface area contributed by atoms with Crippen LogP contribution in [0.15, 0.2) is 18.3 Å². The molecule has 1 fully saturated rings. The molecule has 0 saturated carbocycles. The van der Waals surface area contributed by atoms with E-state index >= 15 is 0 Å². The average molecular weight is 312 g/mol. The number of thiocarbonyl (C=S) groups is 2. The fraction of sp³-hybridized carbons (Fsp3) is 0.273. The van der Waals surface area contributed by atoms with Gasteiger partial charge >= 0.3 is 0 Å². The zero-order valence-electron chi connectivity index (χ0n) is 9.92. The molecule has 100 valence electrons. The highest BCUT2D eigenvalue weighted by atomic mass is 32.1. The fourth-order valence-electron chi connectivity index (χ4n) is 1.67. The Morgan fingerprint density at radius 3 is 3.05 bits per heavy atom. The van der Waals surface area contributed by atoms with E-state index < -0.39 is 0 Å². The van der Waals surface area contributed by atoms with Gasteiger partial charge in [0.1, 0.15) is 0 Å². The molecule has 1 aliphatic rings. The molecule has 0 bridgehead atoms. The molecule has 2 heterocycles. The van der Waals surface area contributed by atoms with Gasteiger partial charge in [-0.25, -0.2) is 0 Å². The lowest BCUT2D eigenvalue weighted by atomic mass is 10.2. The van der Waals surface area contributed by atoms with Crippen molar-refractivity contribution in [2.24, 2.45) is 0 Å². The third kappa shape index (κ3) is 3.20. The number of carbonyl (C=O) groups excluding carboxylic acids is 1. The van der Waals surface area contributed by atoms with Crippen molar-refractivity contribution >= 4 is 53.2 Å². The number of rotatable bonds is 2. The van der Waals surface area contributed by atoms with Crippen LogP contribution >= 0.6 is 37.1 Å². The Labute approximate surface area is 127 Å². The maximum atomic E-state index is 12.1. The normalized spacial score (nSPS) is 14.2. The number of hydrogen-bond acceptors (Lipinski definition) is 5. The van der Waals surface area contributed by atoms with Crippen molar-refractivity contribution in [3.05, 3.63) is 29.6 Å².